The second kappa shape index (κ2) is 6.20. The van der Waals surface area contributed by atoms with Gasteiger partial charge in [0.15, 0.2) is 0 Å². The van der Waals surface area contributed by atoms with Crippen LogP contribution in [0.4, 0.5) is 0 Å². The summed E-state index contributed by atoms with van der Waals surface area (Å²) in [5, 5.41) is 7.97. The highest BCUT2D eigenvalue weighted by atomic mass is 79.9. The molecule has 0 saturated heterocycles. The van der Waals surface area contributed by atoms with Crippen molar-refractivity contribution in [2.75, 3.05) is 6.54 Å². The number of hydrogen-bond donors (Lipinski definition) is 1. The summed E-state index contributed by atoms with van der Waals surface area (Å²) in [6.45, 7) is 5.57. The first-order valence-electron chi connectivity index (χ1n) is 7.00. The van der Waals surface area contributed by atoms with Crippen LogP contribution in [0, 0.1) is 5.92 Å². The van der Waals surface area contributed by atoms with Gasteiger partial charge in [-0.15, -0.1) is 0 Å². The van der Waals surface area contributed by atoms with Gasteiger partial charge in [-0.25, -0.2) is 0 Å². The summed E-state index contributed by atoms with van der Waals surface area (Å²) < 4.78 is 3.22. The lowest BCUT2D eigenvalue weighted by molar-refractivity contribution is 0.279. The van der Waals surface area contributed by atoms with Gasteiger partial charge in [-0.05, 0) is 41.2 Å². The number of halogens is 1. The molecule has 2 atom stereocenters. The van der Waals surface area contributed by atoms with Crippen LogP contribution in [0.3, 0.4) is 0 Å². The van der Waals surface area contributed by atoms with E-state index in [0.717, 1.165) is 12.5 Å². The lowest BCUT2D eigenvalue weighted by Crippen LogP contribution is -2.34. The van der Waals surface area contributed by atoms with Crippen LogP contribution < -0.4 is 5.32 Å². The number of hydrogen-bond acceptors (Lipinski definition) is 2. The molecule has 1 aliphatic rings. The second-order valence-corrected chi connectivity index (χ2v) is 6.57. The van der Waals surface area contributed by atoms with Crippen molar-refractivity contribution in [3.8, 4) is 0 Å². The Hall–Kier alpha value is -0.350. The van der Waals surface area contributed by atoms with E-state index in [1.165, 1.54) is 35.8 Å². The van der Waals surface area contributed by atoms with Crippen molar-refractivity contribution in [3.63, 3.8) is 0 Å². The molecule has 1 aromatic rings. The zero-order valence-electron chi connectivity index (χ0n) is 11.6. The average molecular weight is 314 g/mol. The molecule has 0 amide bonds. The highest BCUT2D eigenvalue weighted by Gasteiger charge is 2.30. The first kappa shape index (κ1) is 14.1. The van der Waals surface area contributed by atoms with E-state index in [2.05, 4.69) is 47.2 Å². The average Bonchev–Trinajstić information content (AvgIpc) is 2.67. The smallest absolute Gasteiger partial charge is 0.0635 e. The Labute approximate surface area is 118 Å². The lowest BCUT2D eigenvalue weighted by Gasteiger charge is -2.32. The van der Waals surface area contributed by atoms with E-state index in [0.29, 0.717) is 12.0 Å². The summed E-state index contributed by atoms with van der Waals surface area (Å²) in [6.07, 6.45) is 7.28. The van der Waals surface area contributed by atoms with Crippen LogP contribution in [0.2, 0.25) is 0 Å². The van der Waals surface area contributed by atoms with Crippen molar-refractivity contribution in [1.29, 1.82) is 0 Å². The van der Waals surface area contributed by atoms with Gasteiger partial charge < -0.3 is 5.32 Å². The Morgan fingerprint density at radius 3 is 2.78 bits per heavy atom. The highest BCUT2D eigenvalue weighted by molar-refractivity contribution is 9.10. The summed E-state index contributed by atoms with van der Waals surface area (Å²) in [4.78, 5) is 0. The molecule has 1 saturated carbocycles. The predicted octanol–water partition coefficient (Wildman–Crippen LogP) is 3.45. The molecule has 0 bridgehead atoms. The number of aromatic nitrogens is 2. The second-order valence-electron chi connectivity index (χ2n) is 5.72. The Balaban J connectivity index is 2.12. The van der Waals surface area contributed by atoms with E-state index in [9.17, 15) is 0 Å². The van der Waals surface area contributed by atoms with E-state index in [1.54, 1.807) is 0 Å². The summed E-state index contributed by atoms with van der Waals surface area (Å²) >= 11 is 3.66. The number of nitrogens with zero attached hydrogens (tertiary/aromatic N) is 2. The van der Waals surface area contributed by atoms with Gasteiger partial charge in [0.05, 0.1) is 16.4 Å². The molecular formula is C14H24BrN3. The molecule has 1 aliphatic carbocycles. The van der Waals surface area contributed by atoms with Gasteiger partial charge in [0, 0.05) is 19.0 Å². The van der Waals surface area contributed by atoms with Gasteiger partial charge in [0.25, 0.3) is 0 Å². The molecule has 0 aliphatic heterocycles. The van der Waals surface area contributed by atoms with E-state index in [1.807, 2.05) is 10.9 Å². The number of rotatable bonds is 4. The van der Waals surface area contributed by atoms with Crippen molar-refractivity contribution in [3.05, 3.63) is 16.4 Å². The molecule has 0 aromatic carbocycles. The maximum absolute atomic E-state index is 4.37. The van der Waals surface area contributed by atoms with E-state index in [-0.39, 0.29) is 0 Å². The van der Waals surface area contributed by atoms with E-state index < -0.39 is 0 Å². The molecule has 0 radical (unpaired) electrons. The Morgan fingerprint density at radius 1 is 1.44 bits per heavy atom. The van der Waals surface area contributed by atoms with Crippen LogP contribution >= 0.6 is 15.9 Å². The van der Waals surface area contributed by atoms with E-state index >= 15 is 0 Å². The van der Waals surface area contributed by atoms with Gasteiger partial charge in [-0.1, -0.05) is 26.7 Å². The highest BCUT2D eigenvalue weighted by Crippen LogP contribution is 2.40. The van der Waals surface area contributed by atoms with E-state index in [4.69, 9.17) is 0 Å². The molecular weight excluding hydrogens is 290 g/mol. The van der Waals surface area contributed by atoms with Crippen LogP contribution in [0.15, 0.2) is 10.7 Å². The summed E-state index contributed by atoms with van der Waals surface area (Å²) in [7, 11) is 2.06. The maximum atomic E-state index is 4.37. The van der Waals surface area contributed by atoms with Gasteiger partial charge in [-0.3, -0.25) is 4.68 Å². The number of aryl methyl sites for hydroxylation is 1. The summed E-state index contributed by atoms with van der Waals surface area (Å²) in [5.41, 5.74) is 1.38. The zero-order chi connectivity index (χ0) is 13.1. The van der Waals surface area contributed by atoms with Gasteiger partial charge >= 0.3 is 0 Å². The molecule has 0 spiro atoms. The minimum absolute atomic E-state index is 0.572. The summed E-state index contributed by atoms with van der Waals surface area (Å²) in [6, 6.07) is 0.572. The molecule has 1 fully saturated rings. The van der Waals surface area contributed by atoms with Crippen molar-refractivity contribution in [2.24, 2.45) is 13.0 Å². The molecule has 1 N–H and O–H groups in total. The van der Waals surface area contributed by atoms with Crippen LogP contribution in [0.25, 0.3) is 0 Å². The lowest BCUT2D eigenvalue weighted by atomic mass is 9.77. The van der Waals surface area contributed by atoms with Crippen molar-refractivity contribution in [2.45, 2.75) is 51.5 Å². The van der Waals surface area contributed by atoms with Crippen molar-refractivity contribution >= 4 is 15.9 Å². The van der Waals surface area contributed by atoms with Crippen molar-refractivity contribution < 1.29 is 0 Å². The maximum Gasteiger partial charge on any atom is 0.0635 e. The fourth-order valence-electron chi connectivity index (χ4n) is 3.04. The fourth-order valence-corrected chi connectivity index (χ4v) is 3.68. The quantitative estimate of drug-likeness (QED) is 0.922. The first-order valence-corrected chi connectivity index (χ1v) is 7.79. The molecule has 1 heterocycles. The minimum atomic E-state index is 0.572. The van der Waals surface area contributed by atoms with Gasteiger partial charge in [0.1, 0.15) is 0 Å². The monoisotopic (exact) mass is 313 g/mol. The largest absolute Gasteiger partial charge is 0.314 e. The van der Waals surface area contributed by atoms with Crippen LogP contribution in [-0.4, -0.2) is 22.4 Å². The van der Waals surface area contributed by atoms with Crippen LogP contribution in [-0.2, 0) is 7.05 Å². The fraction of sp³-hybridized carbons (Fsp3) is 0.786. The molecule has 18 heavy (non-hydrogen) atoms. The molecule has 4 heteroatoms. The van der Waals surface area contributed by atoms with Gasteiger partial charge in [-0.2, -0.15) is 5.10 Å². The Kier molecular flexibility index (Phi) is 4.84. The predicted molar refractivity (Wildman–Crippen MR) is 78.7 cm³/mol. The normalized spacial score (nSPS) is 24.7. The molecule has 3 nitrogen and oxygen atoms in total. The summed E-state index contributed by atoms with van der Waals surface area (Å²) in [5.74, 6) is 1.39. The van der Waals surface area contributed by atoms with Crippen LogP contribution in [0.5, 0.6) is 0 Å². The SMILES string of the molecule is CC(C)NCC1CCCCC1c1c(Br)cnn1C. The zero-order valence-corrected chi connectivity index (χ0v) is 13.2. The third-order valence-corrected chi connectivity index (χ3v) is 4.60. The molecule has 2 unspecified atom stereocenters. The molecule has 102 valence electrons. The third-order valence-electron chi connectivity index (χ3n) is 3.99. The van der Waals surface area contributed by atoms with Crippen molar-refractivity contribution in [1.82, 2.24) is 15.1 Å². The Morgan fingerprint density at radius 2 is 2.17 bits per heavy atom. The molecule has 1 aromatic heterocycles. The topological polar surface area (TPSA) is 29.9 Å². The van der Waals surface area contributed by atoms with Crippen LogP contribution in [0.1, 0.15) is 51.1 Å². The standard InChI is InChI=1S/C14H24BrN3/c1-10(2)16-8-11-6-4-5-7-12(11)14-13(15)9-17-18(14)3/h9-12,16H,4-8H2,1-3H3. The Bertz CT molecular complexity index is 367. The minimum Gasteiger partial charge on any atom is -0.314 e. The van der Waals surface area contributed by atoms with Gasteiger partial charge in [0.2, 0.25) is 0 Å². The first-order chi connectivity index (χ1) is 8.59. The number of nitrogens with one attached hydrogen (secondary N) is 1. The third kappa shape index (κ3) is 3.15. The molecule has 2 rings (SSSR count).